The predicted molar refractivity (Wildman–Crippen MR) is 72.4 cm³/mol. The molecule has 0 aromatic heterocycles. The average Bonchev–Trinajstić information content (AvgIpc) is 2.35. The smallest absolute Gasteiger partial charge is 0.336 e. The van der Waals surface area contributed by atoms with Crippen LogP contribution in [0.25, 0.3) is 0 Å². The van der Waals surface area contributed by atoms with Gasteiger partial charge in [-0.1, -0.05) is 38.7 Å². The van der Waals surface area contributed by atoms with E-state index in [1.54, 1.807) is 19.1 Å². The fourth-order valence-electron chi connectivity index (χ4n) is 1.89. The van der Waals surface area contributed by atoms with E-state index in [1.165, 1.54) is 25.7 Å². The zero-order valence-corrected chi connectivity index (χ0v) is 11.2. The zero-order valence-electron chi connectivity index (χ0n) is 11.2. The third kappa shape index (κ3) is 4.40. The summed E-state index contributed by atoms with van der Waals surface area (Å²) in [7, 11) is 0. The molecular weight excluding hydrogens is 228 g/mol. The van der Waals surface area contributed by atoms with Gasteiger partial charge in [-0.25, -0.2) is 4.79 Å². The molecule has 0 radical (unpaired) electrons. The van der Waals surface area contributed by atoms with E-state index in [0.29, 0.717) is 23.5 Å². The Kier molecular flexibility index (Phi) is 6.26. The molecular formula is C15H22O3. The van der Waals surface area contributed by atoms with Crippen LogP contribution in [0.5, 0.6) is 5.75 Å². The molecule has 0 unspecified atom stereocenters. The van der Waals surface area contributed by atoms with Crippen molar-refractivity contribution in [1.82, 2.24) is 0 Å². The van der Waals surface area contributed by atoms with Crippen molar-refractivity contribution < 1.29 is 14.6 Å². The molecule has 1 N–H and O–H groups in total. The number of ether oxygens (including phenoxy) is 1. The van der Waals surface area contributed by atoms with Crippen LogP contribution in [0.1, 0.15) is 54.9 Å². The Hall–Kier alpha value is -1.51. The van der Waals surface area contributed by atoms with Gasteiger partial charge in [-0.05, 0) is 25.5 Å². The molecule has 0 heterocycles. The summed E-state index contributed by atoms with van der Waals surface area (Å²) in [6, 6.07) is 5.16. The highest BCUT2D eigenvalue weighted by Crippen LogP contribution is 2.21. The number of carboxylic acids is 1. The predicted octanol–water partition coefficient (Wildman–Crippen LogP) is 4.04. The van der Waals surface area contributed by atoms with E-state index in [4.69, 9.17) is 9.84 Å². The fraction of sp³-hybridized carbons (Fsp3) is 0.533. The van der Waals surface area contributed by atoms with Gasteiger partial charge >= 0.3 is 5.97 Å². The number of carboxylic acid groups (broad SMARTS) is 1. The molecule has 0 spiro atoms. The Bertz CT molecular complexity index is 385. The molecule has 3 heteroatoms. The molecule has 0 amide bonds. The summed E-state index contributed by atoms with van der Waals surface area (Å²) in [5.41, 5.74) is 1.03. The molecule has 3 nitrogen and oxygen atoms in total. The summed E-state index contributed by atoms with van der Waals surface area (Å²) in [5, 5.41) is 9.00. The van der Waals surface area contributed by atoms with E-state index >= 15 is 0 Å². The van der Waals surface area contributed by atoms with Gasteiger partial charge < -0.3 is 9.84 Å². The molecule has 18 heavy (non-hydrogen) atoms. The van der Waals surface area contributed by atoms with Crippen LogP contribution in [0, 0.1) is 6.92 Å². The summed E-state index contributed by atoms with van der Waals surface area (Å²) >= 11 is 0. The third-order valence-electron chi connectivity index (χ3n) is 3.02. The van der Waals surface area contributed by atoms with E-state index in [1.807, 2.05) is 6.07 Å². The van der Waals surface area contributed by atoms with Crippen molar-refractivity contribution in [2.45, 2.75) is 46.0 Å². The van der Waals surface area contributed by atoms with Crippen molar-refractivity contribution in [1.29, 1.82) is 0 Å². The second-order valence-electron chi connectivity index (χ2n) is 4.50. The minimum atomic E-state index is -0.902. The lowest BCUT2D eigenvalue weighted by Crippen LogP contribution is -2.04. The molecule has 1 aromatic carbocycles. The molecule has 100 valence electrons. The maximum Gasteiger partial charge on any atom is 0.336 e. The number of unbranched alkanes of at least 4 members (excludes halogenated alkanes) is 4. The number of hydrogen-bond acceptors (Lipinski definition) is 2. The zero-order chi connectivity index (χ0) is 13.4. The minimum absolute atomic E-state index is 0.318. The second kappa shape index (κ2) is 7.75. The molecule has 1 aromatic rings. The van der Waals surface area contributed by atoms with E-state index in [2.05, 4.69) is 6.92 Å². The first-order valence-corrected chi connectivity index (χ1v) is 6.62. The largest absolute Gasteiger partial charge is 0.493 e. The van der Waals surface area contributed by atoms with Gasteiger partial charge in [0.15, 0.2) is 0 Å². The first-order valence-electron chi connectivity index (χ1n) is 6.62. The van der Waals surface area contributed by atoms with Crippen LogP contribution in [0.2, 0.25) is 0 Å². The monoisotopic (exact) mass is 250 g/mol. The summed E-state index contributed by atoms with van der Waals surface area (Å²) in [6.45, 7) is 4.64. The van der Waals surface area contributed by atoms with Crippen LogP contribution in [-0.4, -0.2) is 17.7 Å². The first-order chi connectivity index (χ1) is 8.66. The topological polar surface area (TPSA) is 46.5 Å². The normalized spacial score (nSPS) is 10.3. The van der Waals surface area contributed by atoms with Gasteiger partial charge in [-0.2, -0.15) is 0 Å². The summed E-state index contributed by atoms with van der Waals surface area (Å²) in [6.07, 6.45) is 5.95. The highest BCUT2D eigenvalue weighted by Gasteiger charge is 2.10. The van der Waals surface area contributed by atoms with Gasteiger partial charge in [0.1, 0.15) is 5.75 Å². The highest BCUT2D eigenvalue weighted by molar-refractivity contribution is 5.90. The summed E-state index contributed by atoms with van der Waals surface area (Å²) in [5.74, 6) is -0.216. The minimum Gasteiger partial charge on any atom is -0.493 e. The Morgan fingerprint density at radius 1 is 1.22 bits per heavy atom. The third-order valence-corrected chi connectivity index (χ3v) is 3.02. The van der Waals surface area contributed by atoms with Crippen LogP contribution < -0.4 is 4.74 Å². The molecule has 0 aliphatic rings. The van der Waals surface area contributed by atoms with Crippen LogP contribution in [0.15, 0.2) is 18.2 Å². The lowest BCUT2D eigenvalue weighted by molar-refractivity contribution is 0.0695. The number of aromatic carboxylic acids is 1. The van der Waals surface area contributed by atoms with Crippen molar-refractivity contribution in [3.63, 3.8) is 0 Å². The van der Waals surface area contributed by atoms with Gasteiger partial charge in [0, 0.05) is 5.56 Å². The Labute approximate surface area is 109 Å². The van der Waals surface area contributed by atoms with Crippen LogP contribution >= 0.6 is 0 Å². The summed E-state index contributed by atoms with van der Waals surface area (Å²) in [4.78, 5) is 11.0. The van der Waals surface area contributed by atoms with Crippen molar-refractivity contribution >= 4 is 5.97 Å². The van der Waals surface area contributed by atoms with Gasteiger partial charge in [-0.15, -0.1) is 0 Å². The second-order valence-corrected chi connectivity index (χ2v) is 4.50. The SMILES string of the molecule is CCCCCCCOc1cccc(C(=O)O)c1C. The lowest BCUT2D eigenvalue weighted by Gasteiger charge is -2.10. The van der Waals surface area contributed by atoms with E-state index in [0.717, 1.165) is 6.42 Å². The first kappa shape index (κ1) is 14.6. The molecule has 0 bridgehead atoms. The number of hydrogen-bond donors (Lipinski definition) is 1. The number of carbonyl (C=O) groups is 1. The number of benzene rings is 1. The fourth-order valence-corrected chi connectivity index (χ4v) is 1.89. The quantitative estimate of drug-likeness (QED) is 0.708. The lowest BCUT2D eigenvalue weighted by atomic mass is 10.1. The van der Waals surface area contributed by atoms with E-state index in [9.17, 15) is 4.79 Å². The van der Waals surface area contributed by atoms with E-state index in [-0.39, 0.29) is 0 Å². The summed E-state index contributed by atoms with van der Waals surface area (Å²) < 4.78 is 5.64. The van der Waals surface area contributed by atoms with Gasteiger partial charge in [0.25, 0.3) is 0 Å². The number of rotatable bonds is 8. The Balaban J connectivity index is 2.43. The Morgan fingerprint density at radius 3 is 2.61 bits per heavy atom. The molecule has 0 saturated carbocycles. The van der Waals surface area contributed by atoms with Crippen LogP contribution in [0.4, 0.5) is 0 Å². The standard InChI is InChI=1S/C15H22O3/c1-3-4-5-6-7-11-18-14-10-8-9-13(12(14)2)15(16)17/h8-10H,3-7,11H2,1-2H3,(H,16,17). The highest BCUT2D eigenvalue weighted by atomic mass is 16.5. The maximum atomic E-state index is 11.0. The molecule has 0 saturated heterocycles. The van der Waals surface area contributed by atoms with Gasteiger partial charge in [0.2, 0.25) is 0 Å². The van der Waals surface area contributed by atoms with Gasteiger partial charge in [-0.3, -0.25) is 0 Å². The van der Waals surface area contributed by atoms with Crippen LogP contribution in [-0.2, 0) is 0 Å². The molecule has 0 fully saturated rings. The molecule has 0 aliphatic carbocycles. The molecule has 0 atom stereocenters. The van der Waals surface area contributed by atoms with Gasteiger partial charge in [0.05, 0.1) is 12.2 Å². The van der Waals surface area contributed by atoms with Crippen molar-refractivity contribution in [2.75, 3.05) is 6.61 Å². The van der Waals surface area contributed by atoms with E-state index < -0.39 is 5.97 Å². The van der Waals surface area contributed by atoms with Crippen LogP contribution in [0.3, 0.4) is 0 Å². The average molecular weight is 250 g/mol. The molecule has 1 rings (SSSR count). The Morgan fingerprint density at radius 2 is 1.94 bits per heavy atom. The molecule has 0 aliphatic heterocycles. The van der Waals surface area contributed by atoms with Crippen molar-refractivity contribution in [3.05, 3.63) is 29.3 Å². The van der Waals surface area contributed by atoms with Crippen molar-refractivity contribution in [3.8, 4) is 5.75 Å². The van der Waals surface area contributed by atoms with Crippen molar-refractivity contribution in [2.24, 2.45) is 0 Å². The maximum absolute atomic E-state index is 11.0.